The lowest BCUT2D eigenvalue weighted by Gasteiger charge is -2.10. The second-order valence-corrected chi connectivity index (χ2v) is 5.22. The van der Waals surface area contributed by atoms with Crippen molar-refractivity contribution in [3.05, 3.63) is 57.7 Å². The van der Waals surface area contributed by atoms with E-state index in [2.05, 4.69) is 30.7 Å². The fourth-order valence-electron chi connectivity index (χ4n) is 2.01. The molecule has 23 heavy (non-hydrogen) atoms. The minimum absolute atomic E-state index is 0.309. The smallest absolute Gasteiger partial charge is 0.406 e. The van der Waals surface area contributed by atoms with Crippen molar-refractivity contribution in [2.45, 2.75) is 6.36 Å². The molecule has 0 bridgehead atoms. The number of ether oxygens (including phenoxy) is 1. The lowest BCUT2D eigenvalue weighted by molar-refractivity contribution is -0.274. The summed E-state index contributed by atoms with van der Waals surface area (Å²) < 4.78 is 41.7. The van der Waals surface area contributed by atoms with Crippen molar-refractivity contribution in [3.8, 4) is 11.4 Å². The van der Waals surface area contributed by atoms with E-state index in [1.165, 1.54) is 24.5 Å². The third kappa shape index (κ3) is 3.19. The van der Waals surface area contributed by atoms with Crippen LogP contribution < -0.4 is 10.3 Å². The molecule has 0 fully saturated rings. The molecule has 0 aliphatic rings. The van der Waals surface area contributed by atoms with Gasteiger partial charge < -0.3 is 4.74 Å². The standard InChI is InChI=1S/C14H7BrF3N3O2/c15-12-11-7-19-6-5-10(11)13(22)21(20-12)8-1-3-9(4-2-8)23-14(16,17)18/h1-7H. The molecule has 2 aromatic heterocycles. The van der Waals surface area contributed by atoms with E-state index in [-0.39, 0.29) is 5.75 Å². The van der Waals surface area contributed by atoms with Gasteiger partial charge in [-0.2, -0.15) is 9.78 Å². The molecule has 5 nitrogen and oxygen atoms in total. The third-order valence-electron chi connectivity index (χ3n) is 2.97. The second-order valence-electron chi connectivity index (χ2n) is 4.47. The second kappa shape index (κ2) is 5.65. The minimum Gasteiger partial charge on any atom is -0.406 e. The van der Waals surface area contributed by atoms with Gasteiger partial charge in [0.15, 0.2) is 0 Å². The Hall–Kier alpha value is -2.42. The zero-order chi connectivity index (χ0) is 16.6. The number of rotatable bonds is 2. The largest absolute Gasteiger partial charge is 0.573 e. The monoisotopic (exact) mass is 385 g/mol. The summed E-state index contributed by atoms with van der Waals surface area (Å²) in [5.74, 6) is -0.377. The minimum atomic E-state index is -4.77. The Kier molecular flexibility index (Phi) is 3.80. The fraction of sp³-hybridized carbons (Fsp3) is 0.0714. The summed E-state index contributed by atoms with van der Waals surface area (Å²) >= 11 is 3.25. The first-order valence-corrected chi connectivity index (χ1v) is 7.03. The van der Waals surface area contributed by atoms with Crippen LogP contribution in [-0.2, 0) is 0 Å². The van der Waals surface area contributed by atoms with Crippen LogP contribution >= 0.6 is 15.9 Å². The molecule has 3 rings (SSSR count). The van der Waals surface area contributed by atoms with E-state index in [1.807, 2.05) is 0 Å². The first-order valence-electron chi connectivity index (χ1n) is 6.24. The highest BCUT2D eigenvalue weighted by atomic mass is 79.9. The van der Waals surface area contributed by atoms with Gasteiger partial charge in [0.1, 0.15) is 10.4 Å². The van der Waals surface area contributed by atoms with E-state index in [1.54, 1.807) is 6.07 Å². The van der Waals surface area contributed by atoms with E-state index >= 15 is 0 Å². The molecule has 0 spiro atoms. The number of pyridine rings is 1. The molecule has 3 aromatic rings. The van der Waals surface area contributed by atoms with E-state index < -0.39 is 11.9 Å². The molecule has 0 amide bonds. The molecule has 0 saturated carbocycles. The number of halogens is 4. The molecule has 1 aromatic carbocycles. The number of hydrogen-bond acceptors (Lipinski definition) is 4. The first kappa shape index (κ1) is 15.5. The van der Waals surface area contributed by atoms with Gasteiger partial charge in [-0.1, -0.05) is 0 Å². The Bertz CT molecular complexity index is 923. The van der Waals surface area contributed by atoms with Crippen LogP contribution in [0.5, 0.6) is 5.75 Å². The number of alkyl halides is 3. The highest BCUT2D eigenvalue weighted by molar-refractivity contribution is 9.10. The van der Waals surface area contributed by atoms with Crippen molar-refractivity contribution < 1.29 is 17.9 Å². The Balaban J connectivity index is 2.07. The molecule has 0 unspecified atom stereocenters. The molecule has 0 aliphatic heterocycles. The number of aromatic nitrogens is 3. The summed E-state index contributed by atoms with van der Waals surface area (Å²) in [7, 11) is 0. The SMILES string of the molecule is O=c1c2ccncc2c(Br)nn1-c1ccc(OC(F)(F)F)cc1. The van der Waals surface area contributed by atoms with Gasteiger partial charge in [-0.05, 0) is 46.3 Å². The van der Waals surface area contributed by atoms with E-state index in [0.29, 0.717) is 21.1 Å². The Morgan fingerprint density at radius 1 is 1.09 bits per heavy atom. The van der Waals surface area contributed by atoms with Gasteiger partial charge in [-0.15, -0.1) is 13.2 Å². The Morgan fingerprint density at radius 3 is 2.43 bits per heavy atom. The maximum Gasteiger partial charge on any atom is 0.573 e. The van der Waals surface area contributed by atoms with Gasteiger partial charge in [-0.25, -0.2) is 0 Å². The van der Waals surface area contributed by atoms with E-state index in [0.717, 1.165) is 16.8 Å². The van der Waals surface area contributed by atoms with Crippen molar-refractivity contribution >= 4 is 26.7 Å². The summed E-state index contributed by atoms with van der Waals surface area (Å²) in [5, 5.41) is 5.03. The van der Waals surface area contributed by atoms with Crippen molar-refractivity contribution in [3.63, 3.8) is 0 Å². The summed E-state index contributed by atoms with van der Waals surface area (Å²) in [6.45, 7) is 0. The van der Waals surface area contributed by atoms with Crippen LogP contribution in [-0.4, -0.2) is 21.1 Å². The lowest BCUT2D eigenvalue weighted by atomic mass is 10.2. The van der Waals surface area contributed by atoms with Crippen molar-refractivity contribution in [2.75, 3.05) is 0 Å². The van der Waals surface area contributed by atoms with Gasteiger partial charge in [0.05, 0.1) is 11.1 Å². The van der Waals surface area contributed by atoms with Crippen LogP contribution in [0.15, 0.2) is 52.1 Å². The molecule has 0 N–H and O–H groups in total. The van der Waals surface area contributed by atoms with Crippen LogP contribution in [0.25, 0.3) is 16.5 Å². The van der Waals surface area contributed by atoms with Crippen LogP contribution in [0.1, 0.15) is 0 Å². The molecule has 0 atom stereocenters. The average Bonchev–Trinajstić information content (AvgIpc) is 2.50. The van der Waals surface area contributed by atoms with Crippen LogP contribution in [0.2, 0.25) is 0 Å². The Morgan fingerprint density at radius 2 is 1.78 bits per heavy atom. The maximum absolute atomic E-state index is 12.4. The van der Waals surface area contributed by atoms with Crippen molar-refractivity contribution in [2.24, 2.45) is 0 Å². The van der Waals surface area contributed by atoms with E-state index in [9.17, 15) is 18.0 Å². The molecule has 9 heteroatoms. The van der Waals surface area contributed by atoms with E-state index in [4.69, 9.17) is 0 Å². The van der Waals surface area contributed by atoms with Crippen LogP contribution in [0, 0.1) is 0 Å². The number of nitrogens with zero attached hydrogens (tertiary/aromatic N) is 3. The predicted molar refractivity (Wildman–Crippen MR) is 79.5 cm³/mol. The summed E-state index contributed by atoms with van der Waals surface area (Å²) in [4.78, 5) is 16.4. The number of benzene rings is 1. The van der Waals surface area contributed by atoms with Crippen molar-refractivity contribution in [1.82, 2.24) is 14.8 Å². The zero-order valence-electron chi connectivity index (χ0n) is 11.2. The van der Waals surface area contributed by atoms with Gasteiger partial charge in [0.2, 0.25) is 0 Å². The number of hydrogen-bond donors (Lipinski definition) is 0. The Labute approximate surface area is 135 Å². The summed E-state index contributed by atoms with van der Waals surface area (Å²) in [5.41, 5.74) is -0.0981. The zero-order valence-corrected chi connectivity index (χ0v) is 12.8. The predicted octanol–water partition coefficient (Wildman–Crippen LogP) is 3.44. The molecule has 0 saturated heterocycles. The highest BCUT2D eigenvalue weighted by Gasteiger charge is 2.31. The third-order valence-corrected chi connectivity index (χ3v) is 3.55. The summed E-state index contributed by atoms with van der Waals surface area (Å²) in [6.07, 6.45) is -1.80. The molecule has 118 valence electrons. The quantitative estimate of drug-likeness (QED) is 0.677. The van der Waals surface area contributed by atoms with Crippen molar-refractivity contribution in [1.29, 1.82) is 0 Å². The molecule has 0 radical (unpaired) electrons. The lowest BCUT2D eigenvalue weighted by Crippen LogP contribution is -2.22. The average molecular weight is 386 g/mol. The molecule has 0 aliphatic carbocycles. The normalized spacial score (nSPS) is 11.7. The van der Waals surface area contributed by atoms with Crippen LogP contribution in [0.3, 0.4) is 0 Å². The topological polar surface area (TPSA) is 57.0 Å². The highest BCUT2D eigenvalue weighted by Crippen LogP contribution is 2.24. The maximum atomic E-state index is 12.4. The van der Waals surface area contributed by atoms with Gasteiger partial charge in [0.25, 0.3) is 5.56 Å². The van der Waals surface area contributed by atoms with Crippen LogP contribution in [0.4, 0.5) is 13.2 Å². The molecular weight excluding hydrogens is 379 g/mol. The first-order chi connectivity index (χ1) is 10.8. The molecular formula is C14H7BrF3N3O2. The number of fused-ring (bicyclic) bond motifs is 1. The molecule has 2 heterocycles. The fourth-order valence-corrected chi connectivity index (χ4v) is 2.49. The summed E-state index contributed by atoms with van der Waals surface area (Å²) in [6, 6.07) is 6.40. The van der Waals surface area contributed by atoms with Gasteiger partial charge >= 0.3 is 6.36 Å². The van der Waals surface area contributed by atoms with Gasteiger partial charge in [-0.3, -0.25) is 9.78 Å². The van der Waals surface area contributed by atoms with Gasteiger partial charge in [0, 0.05) is 17.8 Å².